The second-order valence-electron chi connectivity index (χ2n) is 1.38. The summed E-state index contributed by atoms with van der Waals surface area (Å²) in [5, 5.41) is 24.2. The van der Waals surface area contributed by atoms with Crippen LogP contribution in [0.15, 0.2) is 0 Å². The minimum absolute atomic E-state index is 0.579. The van der Waals surface area contributed by atoms with Gasteiger partial charge in [0.15, 0.2) is 5.03 Å². The van der Waals surface area contributed by atoms with Crippen LogP contribution in [-0.2, 0) is 10.0 Å². The molecule has 3 N–H and O–H groups in total. The van der Waals surface area contributed by atoms with Gasteiger partial charge in [0.1, 0.15) is 4.52 Å². The van der Waals surface area contributed by atoms with E-state index in [2.05, 4.69) is 5.84 Å². The highest BCUT2D eigenvalue weighted by Gasteiger charge is 2.36. The molecule has 68 valence electrons. The number of nitrogens with zero attached hydrogens (tertiary/aromatic N) is 4. The molecule has 0 bridgehead atoms. The molecule has 0 aliphatic heterocycles. The number of hydrogen-bond donors (Lipinski definition) is 2. The van der Waals surface area contributed by atoms with Crippen molar-refractivity contribution >= 4 is 10.0 Å². The fourth-order valence-corrected chi connectivity index (χ4v) is 0.778. The first-order valence-corrected chi connectivity index (χ1v) is 3.61. The van der Waals surface area contributed by atoms with Crippen LogP contribution in [0.1, 0.15) is 0 Å². The van der Waals surface area contributed by atoms with Crippen LogP contribution in [0.4, 0.5) is 0 Å². The summed E-state index contributed by atoms with van der Waals surface area (Å²) in [6.45, 7) is 0. The Labute approximate surface area is 66.1 Å². The monoisotopic (exact) mass is 197 g/mol. The highest BCUT2D eigenvalue weighted by molar-refractivity contribution is 7.93. The van der Waals surface area contributed by atoms with Gasteiger partial charge in [0.25, 0.3) is 0 Å². The average Bonchev–Trinajstić information content (AvgIpc) is 1.84. The van der Waals surface area contributed by atoms with E-state index in [0.717, 1.165) is 0 Å². The van der Waals surface area contributed by atoms with Crippen LogP contribution in [0.5, 0.6) is 0 Å². The molecule has 0 spiro atoms. The smallest absolute Gasteiger partial charge is 0.276 e. The second-order valence-corrected chi connectivity index (χ2v) is 2.84. The zero-order chi connectivity index (χ0) is 9.94. The average molecular weight is 197 g/mol. The Balaban J connectivity index is 5.07. The van der Waals surface area contributed by atoms with E-state index in [9.17, 15) is 18.5 Å². The zero-order valence-electron chi connectivity index (χ0n) is 5.35. The quantitative estimate of drug-likeness (QED) is 0.169. The van der Waals surface area contributed by atoms with Crippen molar-refractivity contribution in [2.24, 2.45) is 5.84 Å². The van der Waals surface area contributed by atoms with Crippen LogP contribution in [-0.4, -0.2) is 28.5 Å². The zero-order valence-corrected chi connectivity index (χ0v) is 6.17. The molecule has 0 aromatic heterocycles. The maximum absolute atomic E-state index is 10.4. The van der Waals surface area contributed by atoms with Gasteiger partial charge in [-0.15, -0.1) is 0 Å². The number of hydrogen-bond acceptors (Lipinski definition) is 8. The van der Waals surface area contributed by atoms with E-state index in [1.54, 1.807) is 0 Å². The summed E-state index contributed by atoms with van der Waals surface area (Å²) in [7, 11) is -4.87. The lowest BCUT2D eigenvalue weighted by molar-refractivity contribution is -0.687. The summed E-state index contributed by atoms with van der Waals surface area (Å²) in [6.07, 6.45) is 0. The molecule has 0 amide bonds. The molecule has 0 aromatic carbocycles. The predicted octanol–water partition coefficient (Wildman–Crippen LogP) is -2.23. The van der Waals surface area contributed by atoms with Crippen molar-refractivity contribution in [3.05, 3.63) is 10.1 Å². The Morgan fingerprint density at radius 1 is 1.67 bits per heavy atom. The standard InChI is InChI=1S/CH3N5O5S/c2-1-12(10,11)5(4(3)7)6(8)9/h7H,3H2. The topological polar surface area (TPSA) is 154 Å². The van der Waals surface area contributed by atoms with Crippen molar-refractivity contribution < 1.29 is 18.7 Å². The highest BCUT2D eigenvalue weighted by Crippen LogP contribution is 1.99. The Hall–Kier alpha value is -1.48. The van der Waals surface area contributed by atoms with E-state index in [4.69, 9.17) is 10.5 Å². The minimum atomic E-state index is -4.87. The maximum atomic E-state index is 10.4. The number of nitrogens with two attached hydrogens (primary N) is 1. The number of rotatable bonds is 3. The maximum Gasteiger partial charge on any atom is 0.397 e. The third-order valence-corrected chi connectivity index (χ3v) is 1.61. The molecule has 0 atom stereocenters. The molecular formula is CH3N5O5S. The molecule has 0 aliphatic rings. The normalized spacial score (nSPS) is 10.8. The fourth-order valence-electron chi connectivity index (χ4n) is 0.309. The van der Waals surface area contributed by atoms with Crippen molar-refractivity contribution in [3.8, 4) is 5.40 Å². The van der Waals surface area contributed by atoms with Crippen molar-refractivity contribution in [3.63, 3.8) is 0 Å². The predicted molar refractivity (Wildman–Crippen MR) is 31.2 cm³/mol. The number of nitro groups is 1. The van der Waals surface area contributed by atoms with E-state index < -0.39 is 24.9 Å². The molecule has 0 rings (SSSR count). The molecule has 0 heterocycles. The second kappa shape index (κ2) is 3.28. The summed E-state index contributed by atoms with van der Waals surface area (Å²) >= 11 is 0. The van der Waals surface area contributed by atoms with Crippen molar-refractivity contribution in [2.45, 2.75) is 0 Å². The van der Waals surface area contributed by atoms with Gasteiger partial charge in [0.2, 0.25) is 5.40 Å². The van der Waals surface area contributed by atoms with Crippen LogP contribution >= 0.6 is 0 Å². The molecule has 11 heteroatoms. The van der Waals surface area contributed by atoms with Gasteiger partial charge in [-0.25, -0.2) is 16.0 Å². The molecule has 0 radical (unpaired) electrons. The van der Waals surface area contributed by atoms with Gasteiger partial charge in [-0.2, -0.15) is 13.7 Å². The van der Waals surface area contributed by atoms with E-state index in [0.29, 0.717) is 5.40 Å². The van der Waals surface area contributed by atoms with Crippen LogP contribution in [0, 0.1) is 20.8 Å². The lowest BCUT2D eigenvalue weighted by atomic mass is 11.8. The Morgan fingerprint density at radius 3 is 2.17 bits per heavy atom. The number of hydrazine groups is 3. The lowest BCUT2D eigenvalue weighted by Gasteiger charge is -2.11. The third-order valence-electron chi connectivity index (χ3n) is 0.645. The number of nitriles is 1. The molecule has 0 fully saturated rings. The molecule has 0 aliphatic carbocycles. The van der Waals surface area contributed by atoms with Crippen molar-refractivity contribution in [2.75, 3.05) is 0 Å². The summed E-state index contributed by atoms with van der Waals surface area (Å²) in [5.74, 6) is 4.34. The van der Waals surface area contributed by atoms with E-state index >= 15 is 0 Å². The van der Waals surface area contributed by atoms with Gasteiger partial charge < -0.3 is 0 Å². The van der Waals surface area contributed by atoms with Gasteiger partial charge in [0, 0.05) is 5.28 Å². The van der Waals surface area contributed by atoms with E-state index in [1.807, 2.05) is 0 Å². The molecule has 12 heavy (non-hydrogen) atoms. The lowest BCUT2D eigenvalue weighted by Crippen LogP contribution is -2.51. The van der Waals surface area contributed by atoms with Crippen molar-refractivity contribution in [1.82, 2.24) is 9.80 Å². The van der Waals surface area contributed by atoms with Crippen LogP contribution in [0.2, 0.25) is 0 Å². The summed E-state index contributed by atoms with van der Waals surface area (Å²) in [4.78, 5) is 9.87. The molecule has 0 aromatic rings. The van der Waals surface area contributed by atoms with Gasteiger partial charge in [-0.05, 0) is 0 Å². The summed E-state index contributed by atoms with van der Waals surface area (Å²) < 4.78 is 19.9. The highest BCUT2D eigenvalue weighted by atomic mass is 32.2. The first-order valence-electron chi connectivity index (χ1n) is 2.17. The number of sulfonamides is 1. The third kappa shape index (κ3) is 2.00. The first kappa shape index (κ1) is 10.5. The Bertz CT molecular complexity index is 311. The van der Waals surface area contributed by atoms with Gasteiger partial charge in [-0.1, -0.05) is 0 Å². The van der Waals surface area contributed by atoms with Crippen LogP contribution < -0.4 is 5.84 Å². The van der Waals surface area contributed by atoms with Gasteiger partial charge in [0.05, 0.1) is 0 Å². The van der Waals surface area contributed by atoms with E-state index in [1.165, 1.54) is 0 Å². The SMILES string of the molecule is N#CS(=O)(=O)N(N(N)O)[N+](=O)[O-]. The van der Waals surface area contributed by atoms with Gasteiger partial charge >= 0.3 is 10.0 Å². The van der Waals surface area contributed by atoms with Crippen molar-refractivity contribution in [1.29, 1.82) is 5.26 Å². The number of thiocyanates is 1. The molecule has 0 saturated carbocycles. The molecular weight excluding hydrogens is 194 g/mol. The summed E-state index contributed by atoms with van der Waals surface area (Å²) in [6, 6.07) is 0. The Kier molecular flexibility index (Phi) is 2.87. The minimum Gasteiger partial charge on any atom is -0.276 e. The molecule has 0 saturated heterocycles. The fraction of sp³-hybridized carbons (Fsp3) is 0. The van der Waals surface area contributed by atoms with Crippen LogP contribution in [0.25, 0.3) is 0 Å². The Morgan fingerprint density at radius 2 is 2.08 bits per heavy atom. The van der Waals surface area contributed by atoms with E-state index in [-0.39, 0.29) is 0 Å². The van der Waals surface area contributed by atoms with Gasteiger partial charge in [-0.3, -0.25) is 5.21 Å². The largest absolute Gasteiger partial charge is 0.397 e. The van der Waals surface area contributed by atoms with Crippen LogP contribution in [0.3, 0.4) is 0 Å². The first-order chi connectivity index (χ1) is 5.33. The molecule has 0 unspecified atom stereocenters. The summed E-state index contributed by atoms with van der Waals surface area (Å²) in [5.41, 5.74) is 0. The molecule has 10 nitrogen and oxygen atoms in total.